The van der Waals surface area contributed by atoms with Crippen molar-refractivity contribution in [2.45, 2.75) is 6.92 Å². The average Bonchev–Trinajstić information content (AvgIpc) is 2.34. The predicted molar refractivity (Wildman–Crippen MR) is 64.8 cm³/mol. The topological polar surface area (TPSA) is 76.7 Å². The van der Waals surface area contributed by atoms with Gasteiger partial charge in [-0.25, -0.2) is 0 Å². The van der Waals surface area contributed by atoms with Crippen molar-refractivity contribution in [2.24, 2.45) is 0 Å². The molecule has 2 amide bonds. The van der Waals surface area contributed by atoms with Crippen molar-refractivity contribution >= 4 is 11.8 Å². The van der Waals surface area contributed by atoms with E-state index in [2.05, 4.69) is 15.6 Å². The highest BCUT2D eigenvalue weighted by molar-refractivity contribution is 5.83. The Hall–Kier alpha value is -2.08. The number of carbonyl (C=O) groups is 2. The molecular formula is C12H16N2O4. The molecule has 18 heavy (non-hydrogen) atoms. The van der Waals surface area contributed by atoms with Gasteiger partial charge in [0.2, 0.25) is 0 Å². The molecule has 0 aliphatic heterocycles. The predicted octanol–water partition coefficient (Wildman–Crippen LogP) is 0.168. The van der Waals surface area contributed by atoms with Crippen LogP contribution >= 0.6 is 0 Å². The summed E-state index contributed by atoms with van der Waals surface area (Å²) >= 11 is 0. The van der Waals surface area contributed by atoms with Gasteiger partial charge in [-0.2, -0.15) is 0 Å². The van der Waals surface area contributed by atoms with Crippen molar-refractivity contribution in [3.63, 3.8) is 0 Å². The van der Waals surface area contributed by atoms with Crippen LogP contribution in [0.1, 0.15) is 5.56 Å². The van der Waals surface area contributed by atoms with Crippen molar-refractivity contribution in [1.82, 2.24) is 10.9 Å². The number of hydrogen-bond donors (Lipinski definition) is 2. The maximum absolute atomic E-state index is 11.3. The molecule has 2 N–H and O–H groups in total. The zero-order chi connectivity index (χ0) is 13.4. The zero-order valence-corrected chi connectivity index (χ0v) is 10.4. The van der Waals surface area contributed by atoms with E-state index >= 15 is 0 Å². The van der Waals surface area contributed by atoms with Crippen molar-refractivity contribution < 1.29 is 19.1 Å². The van der Waals surface area contributed by atoms with Gasteiger partial charge in [0.15, 0.2) is 6.61 Å². The summed E-state index contributed by atoms with van der Waals surface area (Å²) in [5.41, 5.74) is 5.44. The maximum Gasteiger partial charge on any atom is 0.276 e. The van der Waals surface area contributed by atoms with E-state index in [1.807, 2.05) is 25.1 Å². The quantitative estimate of drug-likeness (QED) is 0.732. The number of amides is 2. The monoisotopic (exact) mass is 252 g/mol. The number of rotatable bonds is 5. The van der Waals surface area contributed by atoms with Gasteiger partial charge >= 0.3 is 0 Å². The van der Waals surface area contributed by atoms with E-state index in [0.29, 0.717) is 5.75 Å². The Bertz CT molecular complexity index is 420. The number of ether oxygens (including phenoxy) is 2. The Labute approximate surface area is 105 Å². The van der Waals surface area contributed by atoms with E-state index in [1.54, 1.807) is 6.07 Å². The number of aryl methyl sites for hydroxylation is 1. The SMILES string of the molecule is COCC(=O)NNC(=O)COc1cccc(C)c1. The van der Waals surface area contributed by atoms with E-state index in [-0.39, 0.29) is 13.2 Å². The molecule has 0 fully saturated rings. The summed E-state index contributed by atoms with van der Waals surface area (Å²) in [6, 6.07) is 7.33. The summed E-state index contributed by atoms with van der Waals surface area (Å²) < 4.78 is 9.83. The summed E-state index contributed by atoms with van der Waals surface area (Å²) in [6.07, 6.45) is 0. The van der Waals surface area contributed by atoms with Crippen LogP contribution in [0.4, 0.5) is 0 Å². The van der Waals surface area contributed by atoms with Crippen molar-refractivity contribution in [3.8, 4) is 5.75 Å². The molecule has 0 spiro atoms. The first-order chi connectivity index (χ1) is 8.61. The zero-order valence-electron chi connectivity index (χ0n) is 10.4. The third-order valence-corrected chi connectivity index (χ3v) is 1.98. The standard InChI is InChI=1S/C12H16N2O4/c1-9-4-3-5-10(6-9)18-8-12(16)14-13-11(15)7-17-2/h3-6H,7-8H2,1-2H3,(H,13,15)(H,14,16). The Morgan fingerprint density at radius 2 is 1.83 bits per heavy atom. The third kappa shape index (κ3) is 5.31. The minimum absolute atomic E-state index is 0.112. The van der Waals surface area contributed by atoms with Gasteiger partial charge in [0.1, 0.15) is 12.4 Å². The fourth-order valence-corrected chi connectivity index (χ4v) is 1.20. The molecule has 0 saturated heterocycles. The molecule has 1 rings (SSSR count). The molecule has 0 aliphatic carbocycles. The molecule has 0 unspecified atom stereocenters. The fraction of sp³-hybridized carbons (Fsp3) is 0.333. The number of methoxy groups -OCH3 is 1. The van der Waals surface area contributed by atoms with Gasteiger partial charge in [-0.1, -0.05) is 12.1 Å². The Kier molecular flexibility index (Phi) is 5.66. The molecule has 98 valence electrons. The van der Waals surface area contributed by atoms with Gasteiger partial charge in [-0.3, -0.25) is 20.4 Å². The summed E-state index contributed by atoms with van der Waals surface area (Å²) in [5.74, 6) is -0.268. The molecular weight excluding hydrogens is 236 g/mol. The highest BCUT2D eigenvalue weighted by Gasteiger charge is 2.05. The van der Waals surface area contributed by atoms with Crippen molar-refractivity contribution in [2.75, 3.05) is 20.3 Å². The van der Waals surface area contributed by atoms with Gasteiger partial charge in [0, 0.05) is 7.11 Å². The lowest BCUT2D eigenvalue weighted by Gasteiger charge is -2.08. The molecule has 1 aromatic carbocycles. The molecule has 0 bridgehead atoms. The second kappa shape index (κ2) is 7.29. The number of nitrogens with one attached hydrogen (secondary N) is 2. The average molecular weight is 252 g/mol. The minimum Gasteiger partial charge on any atom is -0.484 e. The van der Waals surface area contributed by atoms with Crippen LogP contribution in [0.3, 0.4) is 0 Å². The molecule has 0 atom stereocenters. The summed E-state index contributed by atoms with van der Waals surface area (Å²) in [5, 5.41) is 0. The largest absolute Gasteiger partial charge is 0.484 e. The number of hydrazine groups is 1. The van der Waals surface area contributed by atoms with Crippen LogP contribution in [0.2, 0.25) is 0 Å². The van der Waals surface area contributed by atoms with Crippen LogP contribution in [0.15, 0.2) is 24.3 Å². The van der Waals surface area contributed by atoms with Gasteiger partial charge < -0.3 is 9.47 Å². The molecule has 0 saturated carbocycles. The first kappa shape index (κ1) is 14.0. The van der Waals surface area contributed by atoms with E-state index in [1.165, 1.54) is 7.11 Å². The highest BCUT2D eigenvalue weighted by atomic mass is 16.5. The first-order valence-electron chi connectivity index (χ1n) is 5.38. The number of benzene rings is 1. The van der Waals surface area contributed by atoms with E-state index in [9.17, 15) is 9.59 Å². The lowest BCUT2D eigenvalue weighted by molar-refractivity contribution is -0.131. The maximum atomic E-state index is 11.3. The van der Waals surface area contributed by atoms with Crippen molar-refractivity contribution in [1.29, 1.82) is 0 Å². The Morgan fingerprint density at radius 3 is 2.44 bits per heavy atom. The van der Waals surface area contributed by atoms with Gasteiger partial charge in [0.05, 0.1) is 0 Å². The molecule has 0 radical (unpaired) electrons. The second-order valence-corrected chi connectivity index (χ2v) is 3.63. The smallest absolute Gasteiger partial charge is 0.276 e. The highest BCUT2D eigenvalue weighted by Crippen LogP contribution is 2.11. The lowest BCUT2D eigenvalue weighted by Crippen LogP contribution is -2.45. The van der Waals surface area contributed by atoms with Crippen LogP contribution in [0.5, 0.6) is 5.75 Å². The van der Waals surface area contributed by atoms with Crippen LogP contribution in [-0.4, -0.2) is 32.1 Å². The van der Waals surface area contributed by atoms with Crippen LogP contribution in [0.25, 0.3) is 0 Å². The van der Waals surface area contributed by atoms with Crippen LogP contribution in [0, 0.1) is 6.92 Å². The Balaban J connectivity index is 2.27. The normalized spacial score (nSPS) is 9.67. The van der Waals surface area contributed by atoms with Gasteiger partial charge in [-0.15, -0.1) is 0 Å². The molecule has 0 aliphatic rings. The second-order valence-electron chi connectivity index (χ2n) is 3.63. The van der Waals surface area contributed by atoms with Gasteiger partial charge in [-0.05, 0) is 24.6 Å². The third-order valence-electron chi connectivity index (χ3n) is 1.98. The Morgan fingerprint density at radius 1 is 1.17 bits per heavy atom. The fourth-order valence-electron chi connectivity index (χ4n) is 1.20. The molecule has 6 nitrogen and oxygen atoms in total. The van der Waals surface area contributed by atoms with E-state index in [4.69, 9.17) is 4.74 Å². The number of hydrogen-bond acceptors (Lipinski definition) is 4. The lowest BCUT2D eigenvalue weighted by atomic mass is 10.2. The van der Waals surface area contributed by atoms with E-state index in [0.717, 1.165) is 5.56 Å². The molecule has 1 aromatic rings. The van der Waals surface area contributed by atoms with Crippen LogP contribution < -0.4 is 15.6 Å². The summed E-state index contributed by atoms with van der Waals surface area (Å²) in [6.45, 7) is 1.65. The number of carbonyl (C=O) groups excluding carboxylic acids is 2. The summed E-state index contributed by atoms with van der Waals surface area (Å²) in [7, 11) is 1.39. The summed E-state index contributed by atoms with van der Waals surface area (Å²) in [4.78, 5) is 22.3. The van der Waals surface area contributed by atoms with Gasteiger partial charge in [0.25, 0.3) is 11.8 Å². The van der Waals surface area contributed by atoms with E-state index < -0.39 is 11.8 Å². The minimum atomic E-state index is -0.444. The molecule has 0 aromatic heterocycles. The van der Waals surface area contributed by atoms with Crippen LogP contribution in [-0.2, 0) is 14.3 Å². The molecule has 0 heterocycles. The first-order valence-corrected chi connectivity index (χ1v) is 5.38. The van der Waals surface area contributed by atoms with Crippen molar-refractivity contribution in [3.05, 3.63) is 29.8 Å². The molecule has 6 heteroatoms.